The number of fused-ring (bicyclic) bond motifs is 2. The molecule has 2 saturated carbocycles. The standard InChI is InChI=1S/2C14H21.C2H4.2ClH.Zr/c2*1-10(2)13-7-5-4-6-12-8-11(3)9-14(12)13;1-2;;;/h2*4-6,8,10-11,13-14H,7,9H2,1-3H3;1-2H2;2*1H;/q;;;;;+2/p-2. The molecule has 8 unspecified atom stereocenters. The van der Waals surface area contributed by atoms with Crippen LogP contribution in [-0.4, -0.2) is 0 Å². The van der Waals surface area contributed by atoms with E-state index in [2.05, 4.69) is 78.0 Å². The zero-order valence-corrected chi connectivity index (χ0v) is 25.7. The van der Waals surface area contributed by atoms with Gasteiger partial charge in [-0.05, 0) is 0 Å². The van der Waals surface area contributed by atoms with Gasteiger partial charge in [-0.15, -0.1) is 0 Å². The van der Waals surface area contributed by atoms with Crippen LogP contribution in [0.1, 0.15) is 67.2 Å². The second kappa shape index (κ2) is 10.8. The molecule has 5 aliphatic rings. The Balaban J connectivity index is 0.00000153. The van der Waals surface area contributed by atoms with E-state index >= 15 is 0 Å². The molecule has 1 heterocycles. The first-order valence-corrected chi connectivity index (χ1v) is 19.9. The van der Waals surface area contributed by atoms with Crippen LogP contribution in [0.2, 0.25) is 15.5 Å². The van der Waals surface area contributed by atoms with Gasteiger partial charge in [0.25, 0.3) is 0 Å². The second-order valence-electron chi connectivity index (χ2n) is 12.8. The fourth-order valence-electron chi connectivity index (χ4n) is 9.15. The van der Waals surface area contributed by atoms with Crippen LogP contribution < -0.4 is 24.8 Å². The molecule has 3 heteroatoms. The van der Waals surface area contributed by atoms with Crippen LogP contribution in [0.4, 0.5) is 0 Å². The fraction of sp³-hybridized carbons (Fsp3) is 0.733. The Morgan fingerprint density at radius 1 is 0.697 bits per heavy atom. The number of hydrogen-bond donors (Lipinski definition) is 0. The molecule has 0 nitrogen and oxygen atoms in total. The molecular formula is C30H46Cl2Zr. The quantitative estimate of drug-likeness (QED) is 0.489. The Bertz CT molecular complexity index is 751. The molecule has 1 saturated heterocycles. The van der Waals surface area contributed by atoms with E-state index in [1.54, 1.807) is 8.26 Å². The minimum atomic E-state index is -2.26. The molecule has 5 rings (SSSR count). The molecule has 0 amide bonds. The van der Waals surface area contributed by atoms with Gasteiger partial charge >= 0.3 is 198 Å². The van der Waals surface area contributed by atoms with Crippen molar-refractivity contribution in [1.82, 2.24) is 0 Å². The number of halogens is 2. The largest absolute Gasteiger partial charge is 1.00 e. The monoisotopic (exact) mass is 566 g/mol. The van der Waals surface area contributed by atoms with E-state index in [1.165, 1.54) is 25.7 Å². The van der Waals surface area contributed by atoms with Crippen molar-refractivity contribution in [2.75, 3.05) is 0 Å². The maximum Gasteiger partial charge on any atom is -1.00 e. The molecule has 33 heavy (non-hydrogen) atoms. The van der Waals surface area contributed by atoms with Gasteiger partial charge in [-0.25, -0.2) is 0 Å². The maximum absolute atomic E-state index is 2.66. The van der Waals surface area contributed by atoms with Gasteiger partial charge in [0.05, 0.1) is 0 Å². The molecule has 8 atom stereocenters. The van der Waals surface area contributed by atoms with Gasteiger partial charge in [-0.2, -0.15) is 0 Å². The molecular weight excluding hydrogens is 522 g/mol. The van der Waals surface area contributed by atoms with E-state index in [-0.39, 0.29) is 24.8 Å². The predicted molar refractivity (Wildman–Crippen MR) is 132 cm³/mol. The van der Waals surface area contributed by atoms with Gasteiger partial charge in [0.2, 0.25) is 0 Å². The van der Waals surface area contributed by atoms with Crippen LogP contribution in [0.3, 0.4) is 0 Å². The van der Waals surface area contributed by atoms with Crippen LogP contribution in [0.15, 0.2) is 47.6 Å². The number of rotatable bonds is 4. The first-order chi connectivity index (χ1) is 14.8. The van der Waals surface area contributed by atoms with Gasteiger partial charge in [0.15, 0.2) is 0 Å². The van der Waals surface area contributed by atoms with Crippen molar-refractivity contribution in [3.63, 3.8) is 0 Å². The zero-order chi connectivity index (χ0) is 21.9. The van der Waals surface area contributed by atoms with Gasteiger partial charge in [0.1, 0.15) is 0 Å². The van der Waals surface area contributed by atoms with E-state index in [4.69, 9.17) is 0 Å². The smallest absolute Gasteiger partial charge is 1.00 e. The topological polar surface area (TPSA) is 0 Å². The molecule has 0 spiro atoms. The molecule has 184 valence electrons. The summed E-state index contributed by atoms with van der Waals surface area (Å²) in [5.74, 6) is 7.00. The summed E-state index contributed by atoms with van der Waals surface area (Å²) in [6, 6.07) is 0. The Labute approximate surface area is 221 Å². The van der Waals surface area contributed by atoms with Crippen LogP contribution >= 0.6 is 0 Å². The Morgan fingerprint density at radius 3 is 1.42 bits per heavy atom. The summed E-state index contributed by atoms with van der Waals surface area (Å²) in [7, 11) is 0. The summed E-state index contributed by atoms with van der Waals surface area (Å²) in [6.07, 6.45) is 20.8. The molecule has 4 aliphatic carbocycles. The predicted octanol–water partition coefficient (Wildman–Crippen LogP) is 3.20. The summed E-state index contributed by atoms with van der Waals surface area (Å²) in [5.41, 5.74) is 3.91. The SMILES string of the molecule is CC(C)C1CC=CC=C2C1CC(C)[CH]2[Zr+2]1([CH]2C3=CC=CCC(C(C)C)C3CC2C)[CH2][CH2]1.[Cl-].[Cl-]. The summed E-state index contributed by atoms with van der Waals surface area (Å²) in [4.78, 5) is 0. The molecule has 0 bridgehead atoms. The van der Waals surface area contributed by atoms with Crippen LogP contribution in [0.25, 0.3) is 0 Å². The van der Waals surface area contributed by atoms with Gasteiger partial charge in [-0.3, -0.25) is 0 Å². The van der Waals surface area contributed by atoms with Crippen LogP contribution in [0.5, 0.6) is 0 Å². The fourth-order valence-corrected chi connectivity index (χ4v) is 29.1. The average Bonchev–Trinajstić information content (AvgIpc) is 3.42. The summed E-state index contributed by atoms with van der Waals surface area (Å²) in [6.45, 7) is 15.2. The minimum absolute atomic E-state index is 0. The number of hydrogen-bond acceptors (Lipinski definition) is 0. The minimum Gasteiger partial charge on any atom is -1.00 e. The number of allylic oxidation sites excluding steroid dienone is 8. The normalized spacial score (nSPS) is 39.8. The third-order valence-corrected chi connectivity index (χ3v) is 25.0. The van der Waals surface area contributed by atoms with Crippen LogP contribution in [0, 0.1) is 47.3 Å². The second-order valence-corrected chi connectivity index (χ2v) is 24.4. The summed E-state index contributed by atoms with van der Waals surface area (Å²) < 4.78 is 5.41. The molecule has 3 fully saturated rings. The van der Waals surface area contributed by atoms with Crippen molar-refractivity contribution in [3.05, 3.63) is 47.6 Å². The average molecular weight is 569 g/mol. The van der Waals surface area contributed by atoms with E-state index < -0.39 is 20.3 Å². The Hall–Kier alpha value is 0.423. The maximum atomic E-state index is 2.66. The van der Waals surface area contributed by atoms with Crippen molar-refractivity contribution in [2.24, 2.45) is 47.3 Å². The van der Waals surface area contributed by atoms with E-state index in [0.717, 1.165) is 54.6 Å². The molecule has 0 aromatic heterocycles. The van der Waals surface area contributed by atoms with E-state index in [9.17, 15) is 0 Å². The van der Waals surface area contributed by atoms with Crippen molar-refractivity contribution in [1.29, 1.82) is 0 Å². The Morgan fingerprint density at radius 2 is 1.09 bits per heavy atom. The third-order valence-electron chi connectivity index (χ3n) is 10.4. The van der Waals surface area contributed by atoms with Crippen molar-refractivity contribution < 1.29 is 45.1 Å². The van der Waals surface area contributed by atoms with Crippen LogP contribution in [-0.2, 0) is 20.3 Å². The first kappa shape index (κ1) is 28.0. The molecule has 0 aromatic carbocycles. The van der Waals surface area contributed by atoms with Crippen molar-refractivity contribution >= 4 is 0 Å². The third kappa shape index (κ3) is 4.76. The summed E-state index contributed by atoms with van der Waals surface area (Å²) in [5, 5.41) is 0. The zero-order valence-electron chi connectivity index (χ0n) is 21.7. The molecule has 1 aliphatic heterocycles. The van der Waals surface area contributed by atoms with Crippen molar-refractivity contribution in [2.45, 2.75) is 82.7 Å². The molecule has 0 N–H and O–H groups in total. The molecule has 0 aromatic rings. The van der Waals surface area contributed by atoms with E-state index in [1.807, 2.05) is 11.1 Å². The summed E-state index contributed by atoms with van der Waals surface area (Å²) >= 11 is -2.26. The first-order valence-electron chi connectivity index (χ1n) is 13.6. The van der Waals surface area contributed by atoms with Gasteiger partial charge < -0.3 is 24.8 Å². The van der Waals surface area contributed by atoms with Gasteiger partial charge in [0, 0.05) is 0 Å². The van der Waals surface area contributed by atoms with Gasteiger partial charge in [-0.1, -0.05) is 0 Å². The van der Waals surface area contributed by atoms with Crippen molar-refractivity contribution in [3.8, 4) is 0 Å². The molecule has 0 radical (unpaired) electrons. The van der Waals surface area contributed by atoms with E-state index in [0.29, 0.717) is 0 Å². The Kier molecular flexibility index (Phi) is 9.17.